The van der Waals surface area contributed by atoms with E-state index in [2.05, 4.69) is 5.32 Å². The van der Waals surface area contributed by atoms with E-state index in [1.54, 1.807) is 0 Å². The quantitative estimate of drug-likeness (QED) is 0.688. The van der Waals surface area contributed by atoms with Crippen molar-refractivity contribution in [2.45, 2.75) is 32.0 Å². The fourth-order valence-corrected chi connectivity index (χ4v) is 3.91. The number of nitrogens with one attached hydrogen (secondary N) is 1. The van der Waals surface area contributed by atoms with E-state index >= 15 is 0 Å². The van der Waals surface area contributed by atoms with Crippen LogP contribution in [0.5, 0.6) is 0 Å². The van der Waals surface area contributed by atoms with Gasteiger partial charge in [-0.15, -0.1) is 0 Å². The first-order valence-electron chi connectivity index (χ1n) is 8.62. The molecule has 1 unspecified atom stereocenters. The SMILES string of the molecule is CC(OC(=O)C1CCN(S(C)(=O)=O)CC1)C(=O)Nc1ccc(Cl)c(C(F)(F)F)c1. The minimum absolute atomic E-state index is 0.143. The Hall–Kier alpha value is -1.85. The molecule has 0 spiro atoms. The molecular weight excluding hydrogens is 437 g/mol. The predicted molar refractivity (Wildman–Crippen MR) is 99.8 cm³/mol. The molecule has 1 aromatic rings. The number of piperidine rings is 1. The number of hydrogen-bond donors (Lipinski definition) is 1. The number of nitrogens with zero attached hydrogens (tertiary/aromatic N) is 1. The number of esters is 1. The Balaban J connectivity index is 1.94. The van der Waals surface area contributed by atoms with Gasteiger partial charge < -0.3 is 10.1 Å². The maximum Gasteiger partial charge on any atom is 0.417 e. The number of amides is 1. The molecule has 2 rings (SSSR count). The van der Waals surface area contributed by atoms with E-state index in [9.17, 15) is 31.2 Å². The van der Waals surface area contributed by atoms with Gasteiger partial charge in [-0.2, -0.15) is 13.2 Å². The molecule has 0 bridgehead atoms. The third-order valence-corrected chi connectivity index (χ3v) is 6.09. The van der Waals surface area contributed by atoms with Crippen molar-refractivity contribution in [2.75, 3.05) is 24.7 Å². The molecule has 1 fully saturated rings. The van der Waals surface area contributed by atoms with Gasteiger partial charge in [0.15, 0.2) is 6.10 Å². The Bertz CT molecular complexity index is 884. The first kappa shape index (κ1) is 23.4. The third-order valence-electron chi connectivity index (χ3n) is 4.46. The summed E-state index contributed by atoms with van der Waals surface area (Å²) < 4.78 is 68.0. The largest absolute Gasteiger partial charge is 0.452 e. The monoisotopic (exact) mass is 456 g/mol. The van der Waals surface area contributed by atoms with Crippen LogP contribution in [0.15, 0.2) is 18.2 Å². The Kier molecular flexibility index (Phi) is 7.18. The summed E-state index contributed by atoms with van der Waals surface area (Å²) in [7, 11) is -3.34. The maximum absolute atomic E-state index is 12.9. The molecule has 1 aliphatic rings. The molecule has 0 saturated carbocycles. The number of benzene rings is 1. The van der Waals surface area contributed by atoms with Gasteiger partial charge in [-0.25, -0.2) is 12.7 Å². The van der Waals surface area contributed by atoms with E-state index in [4.69, 9.17) is 16.3 Å². The maximum atomic E-state index is 12.9. The molecule has 1 aromatic carbocycles. The molecule has 12 heteroatoms. The number of sulfonamides is 1. The van der Waals surface area contributed by atoms with Crippen LogP contribution in [0.25, 0.3) is 0 Å². The highest BCUT2D eigenvalue weighted by Crippen LogP contribution is 2.36. The van der Waals surface area contributed by atoms with Gasteiger partial charge in [0.1, 0.15) is 0 Å². The summed E-state index contributed by atoms with van der Waals surface area (Å²) in [5, 5.41) is 1.75. The summed E-state index contributed by atoms with van der Waals surface area (Å²) in [6.07, 6.45) is -4.34. The predicted octanol–water partition coefficient (Wildman–Crippen LogP) is 2.90. The standard InChI is InChI=1S/C17H20ClF3N2O5S/c1-10(28-16(25)11-5-7-23(8-6-11)29(2,26)27)15(24)22-12-3-4-14(18)13(9-12)17(19,20)21/h3-4,9-11H,5-8H2,1-2H3,(H,22,24). The zero-order valence-corrected chi connectivity index (χ0v) is 17.2. The zero-order valence-electron chi connectivity index (χ0n) is 15.6. The van der Waals surface area contributed by atoms with Gasteiger partial charge in [-0.05, 0) is 38.0 Å². The molecule has 1 aliphatic heterocycles. The van der Waals surface area contributed by atoms with Crippen LogP contribution >= 0.6 is 11.6 Å². The Morgan fingerprint density at radius 1 is 1.28 bits per heavy atom. The van der Waals surface area contributed by atoms with E-state index in [0.717, 1.165) is 12.3 Å². The van der Waals surface area contributed by atoms with Crippen LogP contribution in [0.2, 0.25) is 5.02 Å². The first-order valence-corrected chi connectivity index (χ1v) is 10.8. The second-order valence-electron chi connectivity index (χ2n) is 6.70. The van der Waals surface area contributed by atoms with E-state index in [-0.39, 0.29) is 31.6 Å². The summed E-state index contributed by atoms with van der Waals surface area (Å²) in [4.78, 5) is 24.4. The summed E-state index contributed by atoms with van der Waals surface area (Å²) in [6.45, 7) is 1.63. The summed E-state index contributed by atoms with van der Waals surface area (Å²) in [5.41, 5.74) is -1.24. The molecule has 7 nitrogen and oxygen atoms in total. The van der Waals surface area contributed by atoms with Crippen molar-refractivity contribution in [3.8, 4) is 0 Å². The van der Waals surface area contributed by atoms with E-state index in [1.165, 1.54) is 17.3 Å². The topological polar surface area (TPSA) is 92.8 Å². The lowest BCUT2D eigenvalue weighted by molar-refractivity contribution is -0.158. The fraction of sp³-hybridized carbons (Fsp3) is 0.529. The van der Waals surface area contributed by atoms with Crippen LogP contribution in [0.3, 0.4) is 0 Å². The van der Waals surface area contributed by atoms with Crippen molar-refractivity contribution in [3.63, 3.8) is 0 Å². The molecule has 1 heterocycles. The number of ether oxygens (including phenoxy) is 1. The number of carbonyl (C=O) groups excluding carboxylic acids is 2. The minimum Gasteiger partial charge on any atom is -0.452 e. The summed E-state index contributed by atoms with van der Waals surface area (Å²) in [6, 6.07) is 2.90. The smallest absolute Gasteiger partial charge is 0.417 e. The van der Waals surface area contributed by atoms with Crippen molar-refractivity contribution in [1.29, 1.82) is 0 Å². The molecule has 29 heavy (non-hydrogen) atoms. The first-order chi connectivity index (χ1) is 13.3. The zero-order chi connectivity index (χ0) is 22.0. The van der Waals surface area contributed by atoms with Gasteiger partial charge in [0, 0.05) is 18.8 Å². The second-order valence-corrected chi connectivity index (χ2v) is 9.09. The van der Waals surface area contributed by atoms with Crippen molar-refractivity contribution >= 4 is 39.2 Å². The van der Waals surface area contributed by atoms with Crippen LogP contribution < -0.4 is 5.32 Å². The minimum atomic E-state index is -4.68. The number of carbonyl (C=O) groups is 2. The number of rotatable bonds is 5. The second kappa shape index (κ2) is 8.88. The number of halogens is 4. The lowest BCUT2D eigenvalue weighted by atomic mass is 9.98. The Labute approximate surface area is 171 Å². The molecule has 0 radical (unpaired) electrons. The molecule has 1 saturated heterocycles. The van der Waals surface area contributed by atoms with Crippen LogP contribution in [0.1, 0.15) is 25.3 Å². The molecule has 1 amide bonds. The highest BCUT2D eigenvalue weighted by molar-refractivity contribution is 7.88. The van der Waals surface area contributed by atoms with Gasteiger partial charge >= 0.3 is 12.1 Å². The van der Waals surface area contributed by atoms with Crippen LogP contribution in [-0.4, -0.2) is 50.0 Å². The molecule has 0 aliphatic carbocycles. The molecule has 0 aromatic heterocycles. The van der Waals surface area contributed by atoms with Crippen molar-refractivity contribution in [1.82, 2.24) is 4.31 Å². The summed E-state index contributed by atoms with van der Waals surface area (Å²) in [5.74, 6) is -2.02. The van der Waals surface area contributed by atoms with E-state index < -0.39 is 50.7 Å². The van der Waals surface area contributed by atoms with Crippen LogP contribution in [0, 0.1) is 5.92 Å². The lowest BCUT2D eigenvalue weighted by Crippen LogP contribution is -2.41. The molecule has 162 valence electrons. The number of alkyl halides is 3. The van der Waals surface area contributed by atoms with Crippen LogP contribution in [0.4, 0.5) is 18.9 Å². The summed E-state index contributed by atoms with van der Waals surface area (Å²) >= 11 is 5.53. The van der Waals surface area contributed by atoms with Gasteiger partial charge in [0.2, 0.25) is 10.0 Å². The van der Waals surface area contributed by atoms with E-state index in [1.807, 2.05) is 0 Å². The highest BCUT2D eigenvalue weighted by Gasteiger charge is 2.34. The third kappa shape index (κ3) is 6.31. The highest BCUT2D eigenvalue weighted by atomic mass is 35.5. The number of hydrogen-bond acceptors (Lipinski definition) is 5. The van der Waals surface area contributed by atoms with Crippen molar-refractivity contribution in [2.24, 2.45) is 5.92 Å². The average molecular weight is 457 g/mol. The van der Waals surface area contributed by atoms with Gasteiger partial charge in [-0.1, -0.05) is 11.6 Å². The Morgan fingerprint density at radius 2 is 1.86 bits per heavy atom. The average Bonchev–Trinajstić information content (AvgIpc) is 2.61. The van der Waals surface area contributed by atoms with Gasteiger partial charge in [-0.3, -0.25) is 9.59 Å². The molecule has 1 N–H and O–H groups in total. The van der Waals surface area contributed by atoms with E-state index in [0.29, 0.717) is 6.07 Å². The number of anilines is 1. The van der Waals surface area contributed by atoms with Crippen molar-refractivity contribution in [3.05, 3.63) is 28.8 Å². The molecular formula is C17H20ClF3N2O5S. The van der Waals surface area contributed by atoms with Crippen LogP contribution in [-0.2, 0) is 30.5 Å². The Morgan fingerprint density at radius 3 is 2.38 bits per heavy atom. The lowest BCUT2D eigenvalue weighted by Gasteiger charge is -2.29. The van der Waals surface area contributed by atoms with Gasteiger partial charge in [0.05, 0.1) is 22.8 Å². The fourth-order valence-electron chi connectivity index (χ4n) is 2.81. The van der Waals surface area contributed by atoms with Crippen molar-refractivity contribution < 1.29 is 35.9 Å². The normalized spacial score (nSPS) is 17.6. The molecule has 1 atom stereocenters. The van der Waals surface area contributed by atoms with Gasteiger partial charge in [0.25, 0.3) is 5.91 Å².